The SMILES string of the molecule is CC(C)NC(C)C.FB(F)F.FB(F)F. The van der Waals surface area contributed by atoms with Crippen LogP contribution in [0.15, 0.2) is 0 Å². The lowest BCUT2D eigenvalue weighted by atomic mass is 10.3. The van der Waals surface area contributed by atoms with Gasteiger partial charge in [-0.3, -0.25) is 25.9 Å². The molecule has 0 saturated heterocycles. The van der Waals surface area contributed by atoms with Crippen LogP contribution in [0.2, 0.25) is 0 Å². The van der Waals surface area contributed by atoms with E-state index >= 15 is 0 Å². The van der Waals surface area contributed by atoms with Crippen molar-refractivity contribution >= 4 is 15.1 Å². The van der Waals surface area contributed by atoms with Crippen LogP contribution in [0.5, 0.6) is 0 Å². The summed E-state index contributed by atoms with van der Waals surface area (Å²) in [6, 6.07) is 1.25. The molecular weight excluding hydrogens is 222 g/mol. The molecule has 0 rings (SSSR count). The standard InChI is InChI=1S/C6H15N.2BF3/c1-5(2)7-6(3)4;2*2-1(3)4/h5-7H,1-4H3;;. The van der Waals surface area contributed by atoms with E-state index in [1.165, 1.54) is 0 Å². The van der Waals surface area contributed by atoms with Gasteiger partial charge in [0.1, 0.15) is 0 Å². The molecule has 0 bridgehead atoms. The van der Waals surface area contributed by atoms with E-state index in [2.05, 4.69) is 33.0 Å². The summed E-state index contributed by atoms with van der Waals surface area (Å²) >= 11 is 0. The lowest BCUT2D eigenvalue weighted by molar-refractivity contribution is 0.518. The van der Waals surface area contributed by atoms with Crippen LogP contribution >= 0.6 is 0 Å². The Labute approximate surface area is 87.1 Å². The molecule has 0 saturated carbocycles. The molecule has 92 valence electrons. The molecule has 15 heavy (non-hydrogen) atoms. The Hall–Kier alpha value is -0.330. The van der Waals surface area contributed by atoms with Crippen molar-refractivity contribution in [2.45, 2.75) is 39.8 Å². The van der Waals surface area contributed by atoms with Gasteiger partial charge in [0.05, 0.1) is 0 Å². The van der Waals surface area contributed by atoms with Gasteiger partial charge >= 0.3 is 15.1 Å². The average Bonchev–Trinajstić information content (AvgIpc) is 1.78. The minimum Gasteiger partial charge on any atom is -0.312 e. The molecule has 0 atom stereocenters. The van der Waals surface area contributed by atoms with Gasteiger partial charge in [-0.25, -0.2) is 0 Å². The summed E-state index contributed by atoms with van der Waals surface area (Å²) in [6.45, 7) is 8.61. The lowest BCUT2D eigenvalue weighted by Gasteiger charge is -2.10. The number of hydrogen-bond acceptors (Lipinski definition) is 1. The summed E-state index contributed by atoms with van der Waals surface area (Å²) in [5.41, 5.74) is 0. The highest BCUT2D eigenvalue weighted by atomic mass is 19.4. The molecule has 0 spiro atoms. The Balaban J connectivity index is -0.000000155. The van der Waals surface area contributed by atoms with Gasteiger partial charge in [-0.1, -0.05) is 27.7 Å². The van der Waals surface area contributed by atoms with Crippen LogP contribution in [0.3, 0.4) is 0 Å². The van der Waals surface area contributed by atoms with Crippen LogP contribution in [0.4, 0.5) is 25.9 Å². The molecule has 0 fully saturated rings. The Morgan fingerprint density at radius 2 is 0.800 bits per heavy atom. The van der Waals surface area contributed by atoms with Gasteiger partial charge < -0.3 is 5.32 Å². The molecule has 0 aromatic heterocycles. The number of rotatable bonds is 2. The minimum absolute atomic E-state index is 0.625. The molecule has 0 amide bonds. The second kappa shape index (κ2) is 13.7. The van der Waals surface area contributed by atoms with Gasteiger partial charge in [0, 0.05) is 12.1 Å². The van der Waals surface area contributed by atoms with Crippen molar-refractivity contribution in [3.05, 3.63) is 0 Å². The average molecular weight is 237 g/mol. The zero-order valence-electron chi connectivity index (χ0n) is 9.08. The third-order valence-corrected chi connectivity index (χ3v) is 0.667. The van der Waals surface area contributed by atoms with E-state index in [1.54, 1.807) is 0 Å². The number of hydrogen-bond donors (Lipinski definition) is 1. The van der Waals surface area contributed by atoms with Crippen LogP contribution in [0.1, 0.15) is 27.7 Å². The monoisotopic (exact) mass is 237 g/mol. The fraction of sp³-hybridized carbons (Fsp3) is 1.00. The molecule has 0 unspecified atom stereocenters. The number of halogens is 6. The molecule has 0 aliphatic heterocycles. The van der Waals surface area contributed by atoms with Crippen LogP contribution in [0.25, 0.3) is 0 Å². The van der Waals surface area contributed by atoms with Crippen molar-refractivity contribution in [2.75, 3.05) is 0 Å². The molecule has 1 N–H and O–H groups in total. The van der Waals surface area contributed by atoms with E-state index < -0.39 is 15.1 Å². The Bertz CT molecular complexity index is 96.3. The molecule has 0 aliphatic carbocycles. The summed E-state index contributed by atoms with van der Waals surface area (Å²) in [5.74, 6) is 0. The van der Waals surface area contributed by atoms with Gasteiger partial charge in [-0.05, 0) is 0 Å². The minimum atomic E-state index is -3.67. The highest BCUT2D eigenvalue weighted by molar-refractivity contribution is 6.33. The molecule has 0 radical (unpaired) electrons. The molecule has 9 heteroatoms. The molecule has 0 aromatic carbocycles. The van der Waals surface area contributed by atoms with Crippen molar-refractivity contribution in [3.63, 3.8) is 0 Å². The molecule has 0 aromatic rings. The second-order valence-electron chi connectivity index (χ2n) is 2.97. The van der Waals surface area contributed by atoms with Crippen molar-refractivity contribution in [2.24, 2.45) is 0 Å². The summed E-state index contributed by atoms with van der Waals surface area (Å²) in [7, 11) is -7.33. The molecule has 0 heterocycles. The van der Waals surface area contributed by atoms with Crippen LogP contribution in [-0.4, -0.2) is 27.2 Å². The van der Waals surface area contributed by atoms with E-state index in [9.17, 15) is 25.9 Å². The van der Waals surface area contributed by atoms with E-state index in [0.717, 1.165) is 0 Å². The topological polar surface area (TPSA) is 12.0 Å². The molecule has 1 nitrogen and oxygen atoms in total. The zero-order chi connectivity index (χ0) is 13.0. The predicted octanol–water partition coefficient (Wildman–Crippen LogP) is 3.15. The van der Waals surface area contributed by atoms with Crippen LogP contribution < -0.4 is 5.32 Å². The lowest BCUT2D eigenvalue weighted by Crippen LogP contribution is -2.29. The maximum Gasteiger partial charge on any atom is 0.762 e. The van der Waals surface area contributed by atoms with Gasteiger partial charge in [0.15, 0.2) is 0 Å². The second-order valence-corrected chi connectivity index (χ2v) is 2.97. The van der Waals surface area contributed by atoms with Gasteiger partial charge in [0.25, 0.3) is 0 Å². The van der Waals surface area contributed by atoms with E-state index in [-0.39, 0.29) is 0 Å². The first-order valence-electron chi connectivity index (χ1n) is 4.20. The number of nitrogens with one attached hydrogen (secondary N) is 1. The third kappa shape index (κ3) is 138. The Morgan fingerprint density at radius 1 is 0.667 bits per heavy atom. The smallest absolute Gasteiger partial charge is 0.312 e. The van der Waals surface area contributed by atoms with E-state index in [1.807, 2.05) is 0 Å². The fourth-order valence-electron chi connectivity index (χ4n) is 0.667. The summed E-state index contributed by atoms with van der Waals surface area (Å²) in [4.78, 5) is 0. The quantitative estimate of drug-likeness (QED) is 0.574. The summed E-state index contributed by atoms with van der Waals surface area (Å²) in [6.07, 6.45) is 0. The highest BCUT2D eigenvalue weighted by Gasteiger charge is 2.06. The zero-order valence-corrected chi connectivity index (χ0v) is 9.08. The van der Waals surface area contributed by atoms with Gasteiger partial charge in [0.2, 0.25) is 0 Å². The predicted molar refractivity (Wildman–Crippen MR) is 51.6 cm³/mol. The maximum absolute atomic E-state index is 9.67. The van der Waals surface area contributed by atoms with Gasteiger partial charge in [-0.15, -0.1) is 0 Å². The highest BCUT2D eigenvalue weighted by Crippen LogP contribution is 1.81. The first-order valence-corrected chi connectivity index (χ1v) is 4.20. The maximum atomic E-state index is 9.67. The summed E-state index contributed by atoms with van der Waals surface area (Å²) < 4.78 is 58.0. The summed E-state index contributed by atoms with van der Waals surface area (Å²) in [5, 5.41) is 3.31. The largest absolute Gasteiger partial charge is 0.762 e. The fourth-order valence-corrected chi connectivity index (χ4v) is 0.667. The van der Waals surface area contributed by atoms with Crippen LogP contribution in [-0.2, 0) is 0 Å². The van der Waals surface area contributed by atoms with Crippen molar-refractivity contribution < 1.29 is 25.9 Å². The van der Waals surface area contributed by atoms with E-state index in [4.69, 9.17) is 0 Å². The van der Waals surface area contributed by atoms with Crippen LogP contribution in [0, 0.1) is 0 Å². The van der Waals surface area contributed by atoms with Gasteiger partial charge in [-0.2, -0.15) is 0 Å². The Morgan fingerprint density at radius 3 is 0.800 bits per heavy atom. The molecule has 0 aliphatic rings. The third-order valence-electron chi connectivity index (χ3n) is 0.667. The normalized spacial score (nSPS) is 8.80. The Kier molecular flexibility index (Phi) is 18.3. The van der Waals surface area contributed by atoms with Crippen molar-refractivity contribution in [1.82, 2.24) is 5.32 Å². The van der Waals surface area contributed by atoms with Crippen molar-refractivity contribution in [3.8, 4) is 0 Å². The van der Waals surface area contributed by atoms with Crippen molar-refractivity contribution in [1.29, 1.82) is 0 Å². The molecular formula is C6H15B2F6N. The first-order chi connectivity index (χ1) is 6.59. The van der Waals surface area contributed by atoms with E-state index in [0.29, 0.717) is 12.1 Å². The first kappa shape index (κ1) is 20.1.